The number of fused-ring (bicyclic) bond motifs is 3. The summed E-state index contributed by atoms with van der Waals surface area (Å²) in [4.78, 5) is 0. The third-order valence-electron chi connectivity index (χ3n) is 9.16. The Balaban J connectivity index is 1.19. The van der Waals surface area contributed by atoms with Gasteiger partial charge in [-0.05, 0) is 84.7 Å². The maximum atomic E-state index is 16.5. The first-order valence-electron chi connectivity index (χ1n) is 17.7. The number of ether oxygens (including phenoxy) is 6. The fourth-order valence-corrected chi connectivity index (χ4v) is 6.43. The van der Waals surface area contributed by atoms with E-state index < -0.39 is 13.9 Å². The van der Waals surface area contributed by atoms with Crippen LogP contribution in [0.15, 0.2) is 60.7 Å². The second kappa shape index (κ2) is 17.1. The molecule has 2 aromatic heterocycles. The summed E-state index contributed by atoms with van der Waals surface area (Å²) in [5, 5.41) is 0. The molecule has 4 heterocycles. The zero-order chi connectivity index (χ0) is 38.3. The van der Waals surface area contributed by atoms with Gasteiger partial charge in [-0.15, -0.1) is 9.19 Å². The van der Waals surface area contributed by atoms with Gasteiger partial charge in [0.2, 0.25) is 0 Å². The zero-order valence-electron chi connectivity index (χ0n) is 30.8. The van der Waals surface area contributed by atoms with Gasteiger partial charge in [-0.2, -0.15) is 0 Å². The van der Waals surface area contributed by atoms with E-state index in [-0.39, 0.29) is 22.8 Å². The number of nitrogens with zero attached hydrogens (tertiary/aromatic N) is 4. The maximum absolute atomic E-state index is 16.5. The fraction of sp³-hybridized carbons (Fsp3) is 0.316. The van der Waals surface area contributed by atoms with Gasteiger partial charge in [0.25, 0.3) is 0 Å². The summed E-state index contributed by atoms with van der Waals surface area (Å²) < 4.78 is 101. The number of aromatic nitrogens is 2. The number of halogens is 4. The van der Waals surface area contributed by atoms with Crippen LogP contribution in [0.2, 0.25) is 0 Å². The lowest BCUT2D eigenvalue weighted by Crippen LogP contribution is -2.66. The topological polar surface area (TPSA) is 71.3 Å². The first-order valence-corrected chi connectivity index (χ1v) is 17.7. The highest BCUT2D eigenvalue weighted by Gasteiger charge is 2.65. The molecule has 0 saturated heterocycles. The average Bonchev–Trinajstić information content (AvgIpc) is 3.66. The van der Waals surface area contributed by atoms with Gasteiger partial charge >= 0.3 is 13.9 Å². The van der Waals surface area contributed by atoms with Crippen molar-refractivity contribution >= 4 is 50.7 Å². The number of hydrazine groups is 1. The predicted molar refractivity (Wildman–Crippen MR) is 203 cm³/mol. The van der Waals surface area contributed by atoms with Gasteiger partial charge in [0.05, 0.1) is 51.0 Å². The average molecular weight is 750 g/mol. The number of hydrogen-bond donors (Lipinski definition) is 0. The van der Waals surface area contributed by atoms with E-state index in [1.165, 1.54) is 0 Å². The Hall–Kier alpha value is -4.89. The molecule has 0 atom stereocenters. The van der Waals surface area contributed by atoms with Crippen molar-refractivity contribution in [3.63, 3.8) is 0 Å². The molecule has 10 nitrogen and oxygen atoms in total. The van der Waals surface area contributed by atoms with Gasteiger partial charge in [-0.1, -0.05) is 36.4 Å². The van der Waals surface area contributed by atoms with Crippen molar-refractivity contribution in [2.24, 2.45) is 0 Å². The highest BCUT2D eigenvalue weighted by molar-refractivity contribution is 6.61. The minimum absolute atomic E-state index is 0.00980. The molecule has 0 amide bonds. The van der Waals surface area contributed by atoms with Crippen LogP contribution in [-0.4, -0.2) is 112 Å². The monoisotopic (exact) mass is 750 g/mol. The summed E-state index contributed by atoms with van der Waals surface area (Å²) >= 11 is 0. The van der Waals surface area contributed by atoms with Crippen LogP contribution in [0.3, 0.4) is 0 Å². The molecule has 0 fully saturated rings. The second-order valence-corrected chi connectivity index (χ2v) is 12.9. The molecule has 4 aromatic rings. The number of benzene rings is 2. The molecule has 16 heteroatoms. The summed E-state index contributed by atoms with van der Waals surface area (Å²) in [6, 6.07) is 17.5. The molecule has 0 bridgehead atoms. The van der Waals surface area contributed by atoms with Crippen LogP contribution < -0.4 is 9.47 Å². The number of aryl methyl sites for hydroxylation is 2. The summed E-state index contributed by atoms with van der Waals surface area (Å²) in [5.74, 6) is 1.28. The van der Waals surface area contributed by atoms with Crippen molar-refractivity contribution in [2.45, 2.75) is 13.8 Å². The highest BCUT2D eigenvalue weighted by atomic mass is 19.3. The second-order valence-electron chi connectivity index (χ2n) is 12.9. The van der Waals surface area contributed by atoms with E-state index >= 15 is 17.3 Å². The Kier molecular flexibility index (Phi) is 12.3. The molecule has 2 aliphatic heterocycles. The third kappa shape index (κ3) is 8.41. The molecule has 2 aliphatic rings. The Labute approximate surface area is 312 Å². The van der Waals surface area contributed by atoms with Crippen LogP contribution >= 0.6 is 0 Å². The molecule has 54 heavy (non-hydrogen) atoms. The molecule has 2 aromatic carbocycles. The van der Waals surface area contributed by atoms with Crippen LogP contribution in [0.25, 0.3) is 24.3 Å². The number of methoxy groups -OCH3 is 2. The lowest BCUT2D eigenvalue weighted by atomic mass is 9.87. The molecule has 0 saturated carbocycles. The first kappa shape index (κ1) is 38.8. The van der Waals surface area contributed by atoms with Crippen molar-refractivity contribution in [1.82, 2.24) is 8.96 Å². The molecular formula is C38H44B2F4N4O6. The van der Waals surface area contributed by atoms with E-state index in [2.05, 4.69) is 0 Å². The molecule has 0 spiro atoms. The predicted octanol–water partition coefficient (Wildman–Crippen LogP) is 6.28. The van der Waals surface area contributed by atoms with Gasteiger partial charge in [0.1, 0.15) is 24.7 Å². The maximum Gasteiger partial charge on any atom is 0.789 e. The Morgan fingerprint density at radius 3 is 1.28 bits per heavy atom. The highest BCUT2D eigenvalue weighted by Crippen LogP contribution is 2.34. The number of hydrogen-bond acceptors (Lipinski definition) is 6. The van der Waals surface area contributed by atoms with Gasteiger partial charge in [0, 0.05) is 25.6 Å². The molecular weight excluding hydrogens is 706 g/mol. The summed E-state index contributed by atoms with van der Waals surface area (Å²) in [6.07, 6.45) is 8.76. The van der Waals surface area contributed by atoms with Gasteiger partial charge in [0.15, 0.2) is 12.4 Å². The molecule has 286 valence electrons. The minimum Gasteiger partial charge on any atom is -0.491 e. The smallest absolute Gasteiger partial charge is 0.491 e. The van der Waals surface area contributed by atoms with Crippen LogP contribution in [0.1, 0.15) is 45.0 Å². The van der Waals surface area contributed by atoms with Crippen LogP contribution in [-0.2, 0) is 18.9 Å². The van der Waals surface area contributed by atoms with E-state index in [1.807, 2.05) is 0 Å². The Bertz CT molecular complexity index is 1900. The number of hydrazone groups is 2. The van der Waals surface area contributed by atoms with E-state index in [1.54, 1.807) is 113 Å². The van der Waals surface area contributed by atoms with Gasteiger partial charge in [-0.3, -0.25) is 0 Å². The first-order chi connectivity index (χ1) is 26.0. The molecule has 0 aliphatic carbocycles. The zero-order valence-corrected chi connectivity index (χ0v) is 30.8. The third-order valence-corrected chi connectivity index (χ3v) is 9.16. The lowest BCUT2D eigenvalue weighted by Gasteiger charge is -2.35. The lowest BCUT2D eigenvalue weighted by molar-refractivity contribution is -1.01. The molecule has 6 rings (SSSR count). The Morgan fingerprint density at radius 2 is 0.907 bits per heavy atom. The van der Waals surface area contributed by atoms with Gasteiger partial charge in [-0.25, -0.2) is 0 Å². The molecule has 0 N–H and O–H groups in total. The quantitative estimate of drug-likeness (QED) is 0.0678. The summed E-state index contributed by atoms with van der Waals surface area (Å²) in [6.45, 7) is -2.61. The van der Waals surface area contributed by atoms with Crippen molar-refractivity contribution in [1.29, 1.82) is 0 Å². The van der Waals surface area contributed by atoms with E-state index in [0.717, 1.165) is 32.5 Å². The molecule has 0 radical (unpaired) electrons. The van der Waals surface area contributed by atoms with Crippen LogP contribution in [0, 0.1) is 13.8 Å². The molecule has 0 unspecified atom stereocenters. The van der Waals surface area contributed by atoms with E-state index in [4.69, 9.17) is 28.4 Å². The van der Waals surface area contributed by atoms with Crippen molar-refractivity contribution in [3.05, 3.63) is 106 Å². The van der Waals surface area contributed by atoms with Crippen molar-refractivity contribution in [2.75, 3.05) is 67.1 Å². The largest absolute Gasteiger partial charge is 0.789 e. The van der Waals surface area contributed by atoms with Crippen molar-refractivity contribution in [3.8, 4) is 11.5 Å². The number of rotatable bonds is 18. The summed E-state index contributed by atoms with van der Waals surface area (Å²) in [5.41, 5.74) is 2.79. The normalized spacial score (nSPS) is 15.6. The standard InChI is InChI=1S/C38H44B2F4N4O6/c1-29-25-33(11-5-31-7-13-35(14-8-31)53-23-21-51-19-17-49-3)47-37(29)27-45-40(43,44)48-34(26-30(2)38(48)28-46(45)39(47,41)42)12-6-32-9-15-36(16-10-32)54-24-22-52-20-18-50-4/h5-16,25-28H,17-24H2,1-4H3/b11-5+,12-6+. The minimum atomic E-state index is -4.71. The van der Waals surface area contributed by atoms with Crippen LogP contribution in [0.5, 0.6) is 11.5 Å². The van der Waals surface area contributed by atoms with E-state index in [0.29, 0.717) is 84.7 Å². The van der Waals surface area contributed by atoms with Crippen molar-refractivity contribution < 1.29 is 54.9 Å². The summed E-state index contributed by atoms with van der Waals surface area (Å²) in [7, 11) is 3.21. The van der Waals surface area contributed by atoms with Crippen LogP contribution in [0.4, 0.5) is 17.3 Å². The van der Waals surface area contributed by atoms with E-state index in [9.17, 15) is 0 Å². The Morgan fingerprint density at radius 1 is 0.537 bits per heavy atom. The SMILES string of the molecule is COCCOCCOc1ccc(/C=C/c2cc(C)c3n2[B-](F)(F)[N+]2=Cc4c(C)cc(/C=C/c5ccc(OCCOCCOC)cc5)n4[B-](F)(F)[N+]2=C3)cc1. The van der Waals surface area contributed by atoms with Gasteiger partial charge < -0.3 is 54.6 Å². The fourth-order valence-electron chi connectivity index (χ4n) is 6.43.